The summed E-state index contributed by atoms with van der Waals surface area (Å²) in [6.45, 7) is 7.79. The Bertz CT molecular complexity index is 369. The zero-order valence-electron chi connectivity index (χ0n) is 13.5. The van der Waals surface area contributed by atoms with Crippen LogP contribution in [0.25, 0.3) is 0 Å². The van der Waals surface area contributed by atoms with Gasteiger partial charge in [0.25, 0.3) is 0 Å². The van der Waals surface area contributed by atoms with Crippen molar-refractivity contribution in [2.45, 2.75) is 45.4 Å². The summed E-state index contributed by atoms with van der Waals surface area (Å²) in [4.78, 5) is 2.45. The molecule has 1 aromatic carbocycles. The lowest BCUT2D eigenvalue weighted by Crippen LogP contribution is -2.43. The van der Waals surface area contributed by atoms with Gasteiger partial charge in [0.1, 0.15) is 0 Å². The summed E-state index contributed by atoms with van der Waals surface area (Å²) in [7, 11) is 0. The average molecular weight is 289 g/mol. The van der Waals surface area contributed by atoms with Crippen LogP contribution in [0.15, 0.2) is 24.3 Å². The maximum atomic E-state index is 3.53. The van der Waals surface area contributed by atoms with Gasteiger partial charge >= 0.3 is 0 Å². The SMILES string of the molecule is CCCCCCCCNc1ccc(N2CCNCC2)cc1. The van der Waals surface area contributed by atoms with Gasteiger partial charge in [-0.25, -0.2) is 0 Å². The Balaban J connectivity index is 1.63. The summed E-state index contributed by atoms with van der Waals surface area (Å²) in [6, 6.07) is 8.92. The second kappa shape index (κ2) is 9.67. The highest BCUT2D eigenvalue weighted by Crippen LogP contribution is 2.18. The zero-order valence-corrected chi connectivity index (χ0v) is 13.5. The first-order valence-electron chi connectivity index (χ1n) is 8.70. The minimum Gasteiger partial charge on any atom is -0.385 e. The molecule has 0 radical (unpaired) electrons. The number of rotatable bonds is 9. The molecule has 0 atom stereocenters. The van der Waals surface area contributed by atoms with Crippen LogP contribution in [0, 0.1) is 0 Å². The Kier molecular flexibility index (Phi) is 7.44. The molecular formula is C18H31N3. The number of nitrogens with one attached hydrogen (secondary N) is 2. The lowest BCUT2D eigenvalue weighted by atomic mass is 10.1. The van der Waals surface area contributed by atoms with E-state index in [-0.39, 0.29) is 0 Å². The first-order valence-corrected chi connectivity index (χ1v) is 8.70. The van der Waals surface area contributed by atoms with Crippen LogP contribution < -0.4 is 15.5 Å². The fraction of sp³-hybridized carbons (Fsp3) is 0.667. The monoisotopic (exact) mass is 289 g/mol. The Labute approximate surface area is 130 Å². The van der Waals surface area contributed by atoms with Gasteiger partial charge in [-0.1, -0.05) is 39.0 Å². The highest BCUT2D eigenvalue weighted by molar-refractivity contribution is 5.55. The van der Waals surface area contributed by atoms with E-state index < -0.39 is 0 Å². The van der Waals surface area contributed by atoms with Crippen molar-refractivity contribution in [3.63, 3.8) is 0 Å². The van der Waals surface area contributed by atoms with Gasteiger partial charge in [0.15, 0.2) is 0 Å². The van der Waals surface area contributed by atoms with Crippen molar-refractivity contribution in [1.29, 1.82) is 0 Å². The van der Waals surface area contributed by atoms with Crippen molar-refractivity contribution in [2.75, 3.05) is 42.9 Å². The molecule has 1 aromatic rings. The molecule has 1 heterocycles. The number of anilines is 2. The molecule has 0 amide bonds. The van der Waals surface area contributed by atoms with Crippen LogP contribution >= 0.6 is 0 Å². The molecule has 3 nitrogen and oxygen atoms in total. The lowest BCUT2D eigenvalue weighted by molar-refractivity contribution is 0.589. The standard InChI is InChI=1S/C18H31N3/c1-2-3-4-5-6-7-12-20-17-8-10-18(11-9-17)21-15-13-19-14-16-21/h8-11,19-20H,2-7,12-16H2,1H3. The molecule has 0 saturated carbocycles. The van der Waals surface area contributed by atoms with Crippen LogP contribution in [0.3, 0.4) is 0 Å². The Morgan fingerprint density at radius 1 is 0.952 bits per heavy atom. The first-order chi connectivity index (χ1) is 10.4. The van der Waals surface area contributed by atoms with Gasteiger partial charge < -0.3 is 15.5 Å². The molecule has 1 aliphatic heterocycles. The maximum Gasteiger partial charge on any atom is 0.0368 e. The van der Waals surface area contributed by atoms with Crippen LogP contribution in [-0.2, 0) is 0 Å². The van der Waals surface area contributed by atoms with Gasteiger partial charge in [-0.05, 0) is 30.7 Å². The third kappa shape index (κ3) is 5.96. The summed E-state index contributed by atoms with van der Waals surface area (Å²) in [5.74, 6) is 0. The van der Waals surface area contributed by atoms with Crippen molar-refractivity contribution >= 4 is 11.4 Å². The summed E-state index contributed by atoms with van der Waals surface area (Å²) in [6.07, 6.45) is 8.14. The number of hydrogen-bond acceptors (Lipinski definition) is 3. The maximum absolute atomic E-state index is 3.53. The van der Waals surface area contributed by atoms with Crippen LogP contribution in [0.2, 0.25) is 0 Å². The number of unbranched alkanes of at least 4 members (excludes halogenated alkanes) is 5. The van der Waals surface area contributed by atoms with Crippen LogP contribution in [0.4, 0.5) is 11.4 Å². The highest BCUT2D eigenvalue weighted by Gasteiger charge is 2.09. The van der Waals surface area contributed by atoms with Gasteiger partial charge in [0.05, 0.1) is 0 Å². The minimum absolute atomic E-state index is 1.10. The predicted molar refractivity (Wildman–Crippen MR) is 93.4 cm³/mol. The first kappa shape index (κ1) is 16.2. The number of benzene rings is 1. The largest absolute Gasteiger partial charge is 0.385 e. The van der Waals surface area contributed by atoms with Gasteiger partial charge in [-0.15, -0.1) is 0 Å². The van der Waals surface area contributed by atoms with E-state index in [9.17, 15) is 0 Å². The molecule has 1 fully saturated rings. The topological polar surface area (TPSA) is 27.3 Å². The van der Waals surface area contributed by atoms with Crippen LogP contribution in [-0.4, -0.2) is 32.7 Å². The van der Waals surface area contributed by atoms with Crippen molar-refractivity contribution < 1.29 is 0 Å². The minimum atomic E-state index is 1.10. The molecule has 3 heteroatoms. The van der Waals surface area contributed by atoms with E-state index in [0.29, 0.717) is 0 Å². The number of nitrogens with zero attached hydrogens (tertiary/aromatic N) is 1. The fourth-order valence-electron chi connectivity index (χ4n) is 2.85. The zero-order chi connectivity index (χ0) is 14.8. The van der Waals surface area contributed by atoms with E-state index in [0.717, 1.165) is 32.7 Å². The summed E-state index contributed by atoms with van der Waals surface area (Å²) >= 11 is 0. The molecule has 2 N–H and O–H groups in total. The van der Waals surface area contributed by atoms with Gasteiger partial charge in [-0.3, -0.25) is 0 Å². The van der Waals surface area contributed by atoms with Crippen molar-refractivity contribution in [2.24, 2.45) is 0 Å². The van der Waals surface area contributed by atoms with Gasteiger partial charge in [0, 0.05) is 44.1 Å². The summed E-state index contributed by atoms with van der Waals surface area (Å²) < 4.78 is 0. The molecule has 0 aromatic heterocycles. The second-order valence-corrected chi connectivity index (χ2v) is 5.98. The van der Waals surface area contributed by atoms with E-state index in [1.807, 2.05) is 0 Å². The van der Waals surface area contributed by atoms with Crippen LogP contribution in [0.1, 0.15) is 45.4 Å². The van der Waals surface area contributed by atoms with Crippen molar-refractivity contribution in [1.82, 2.24) is 5.32 Å². The van der Waals surface area contributed by atoms with Crippen molar-refractivity contribution in [3.8, 4) is 0 Å². The van der Waals surface area contributed by atoms with Crippen LogP contribution in [0.5, 0.6) is 0 Å². The molecule has 1 saturated heterocycles. The number of piperazine rings is 1. The lowest BCUT2D eigenvalue weighted by Gasteiger charge is -2.29. The average Bonchev–Trinajstić information content (AvgIpc) is 2.55. The Morgan fingerprint density at radius 2 is 1.62 bits per heavy atom. The molecule has 1 aliphatic rings. The normalized spacial score (nSPS) is 15.2. The number of hydrogen-bond donors (Lipinski definition) is 2. The summed E-state index contributed by atoms with van der Waals surface area (Å²) in [5.41, 5.74) is 2.60. The fourth-order valence-corrected chi connectivity index (χ4v) is 2.85. The predicted octanol–water partition coefficient (Wildman–Crippen LogP) is 3.87. The molecule has 0 aliphatic carbocycles. The molecule has 2 rings (SSSR count). The second-order valence-electron chi connectivity index (χ2n) is 5.98. The van der Waals surface area contributed by atoms with E-state index in [4.69, 9.17) is 0 Å². The van der Waals surface area contributed by atoms with E-state index in [1.54, 1.807) is 0 Å². The highest BCUT2D eigenvalue weighted by atomic mass is 15.2. The molecule has 118 valence electrons. The quantitative estimate of drug-likeness (QED) is 0.676. The third-order valence-electron chi connectivity index (χ3n) is 4.21. The smallest absolute Gasteiger partial charge is 0.0368 e. The molecule has 0 unspecified atom stereocenters. The van der Waals surface area contributed by atoms with E-state index >= 15 is 0 Å². The Morgan fingerprint density at radius 3 is 2.33 bits per heavy atom. The Hall–Kier alpha value is -1.22. The van der Waals surface area contributed by atoms with Crippen molar-refractivity contribution in [3.05, 3.63) is 24.3 Å². The third-order valence-corrected chi connectivity index (χ3v) is 4.21. The van der Waals surface area contributed by atoms with E-state index in [1.165, 1.54) is 49.9 Å². The van der Waals surface area contributed by atoms with E-state index in [2.05, 4.69) is 46.7 Å². The molecule has 0 spiro atoms. The molecule has 21 heavy (non-hydrogen) atoms. The van der Waals surface area contributed by atoms with Gasteiger partial charge in [-0.2, -0.15) is 0 Å². The molecular weight excluding hydrogens is 258 g/mol. The molecule has 0 bridgehead atoms. The summed E-state index contributed by atoms with van der Waals surface area (Å²) in [5, 5.41) is 6.93. The van der Waals surface area contributed by atoms with Gasteiger partial charge in [0.2, 0.25) is 0 Å².